The molecule has 0 radical (unpaired) electrons. The van der Waals surface area contributed by atoms with Crippen molar-refractivity contribution in [1.82, 2.24) is 0 Å². The molecular weight excluding hydrogens is 819 g/mol. The Hall–Kier alpha value is -1.99. The van der Waals surface area contributed by atoms with Crippen molar-refractivity contribution in [2.45, 2.75) is 290 Å². The standard InChI is InChI=1S/C37H54N2.2C12H25.Ni/c1-5-9-13-16-19-31-24-28-33(29-25-31)37-35(21-17-14-10-6-2)34(20-15-11-7-3)36(39(37)38)32-26-22-30(23-27-32)18-12-8-4;2*1-3-5-7-9-11-12-10-8-6-4-2;/h22-29H,5-21H2,1-4H3;2*1,3-12H2,2H3;. The first kappa shape index (κ1) is 58.1. The first-order valence-corrected chi connectivity index (χ1v) is 29.5. The van der Waals surface area contributed by atoms with Crippen molar-refractivity contribution in [1.29, 1.82) is 0 Å². The molecule has 3 rings (SSSR count). The number of hydrogen-bond acceptors (Lipinski definition) is 0. The second kappa shape index (κ2) is 41.2. The van der Waals surface area contributed by atoms with Crippen LogP contribution in [0.4, 0.5) is 0 Å². The Kier molecular flexibility index (Phi) is 37.4. The molecule has 0 N–H and O–H groups in total. The minimum atomic E-state index is 1.01. The number of hydrogen-bond donors (Lipinski definition) is 0. The van der Waals surface area contributed by atoms with Gasteiger partial charge < -0.3 is 5.53 Å². The topological polar surface area (TPSA) is 25.3 Å². The van der Waals surface area contributed by atoms with Gasteiger partial charge in [0.25, 0.3) is 0 Å². The van der Waals surface area contributed by atoms with Crippen LogP contribution in [0.1, 0.15) is 289 Å². The molecule has 0 saturated carbocycles. The summed E-state index contributed by atoms with van der Waals surface area (Å²) in [4.78, 5) is 0. The van der Waals surface area contributed by atoms with Crippen LogP contribution in [0.15, 0.2) is 59.7 Å². The first-order chi connectivity index (χ1) is 31.6. The fraction of sp³-hybridized carbons (Fsp3) is 0.738. The molecule has 2 nitrogen and oxygen atoms in total. The van der Waals surface area contributed by atoms with Gasteiger partial charge in [-0.05, 0) is 86.8 Å². The van der Waals surface area contributed by atoms with Crippen LogP contribution in [0.25, 0.3) is 16.9 Å². The monoisotopic (exact) mass is 923 g/mol. The Morgan fingerprint density at radius 3 is 0.938 bits per heavy atom. The van der Waals surface area contributed by atoms with Crippen molar-refractivity contribution in [2.75, 3.05) is 0 Å². The summed E-state index contributed by atoms with van der Waals surface area (Å²) in [5.41, 5.74) is 21.7. The van der Waals surface area contributed by atoms with Crippen molar-refractivity contribution in [2.24, 2.45) is 0 Å². The van der Waals surface area contributed by atoms with Crippen molar-refractivity contribution < 1.29 is 19.1 Å². The van der Waals surface area contributed by atoms with Gasteiger partial charge >= 0.3 is 167 Å². The molecule has 0 aliphatic carbocycles. The molecule has 0 fully saturated rings. The molecule has 0 spiro atoms. The zero-order chi connectivity index (χ0) is 46.1. The van der Waals surface area contributed by atoms with Gasteiger partial charge in [-0.25, -0.2) is 4.70 Å². The molecule has 0 saturated heterocycles. The van der Waals surface area contributed by atoms with E-state index in [1.807, 2.05) is 14.4 Å². The molecular formula is C61H104N2Ni. The molecule has 368 valence electrons. The second-order valence-electron chi connectivity index (χ2n) is 19.4. The average Bonchev–Trinajstić information content (AvgIpc) is 3.59. The molecule has 2 aromatic carbocycles. The molecule has 1 aliphatic heterocycles. The van der Waals surface area contributed by atoms with Crippen molar-refractivity contribution in [3.63, 3.8) is 0 Å². The van der Waals surface area contributed by atoms with Gasteiger partial charge in [0, 0.05) is 22.3 Å². The third-order valence-electron chi connectivity index (χ3n) is 13.4. The van der Waals surface area contributed by atoms with Gasteiger partial charge in [-0.3, -0.25) is 0 Å². The van der Waals surface area contributed by atoms with Crippen molar-refractivity contribution in [3.05, 3.63) is 87.5 Å². The molecule has 3 heteroatoms. The maximum atomic E-state index is 11.9. The van der Waals surface area contributed by atoms with E-state index in [4.69, 9.17) is 0 Å². The predicted molar refractivity (Wildman–Crippen MR) is 283 cm³/mol. The van der Waals surface area contributed by atoms with E-state index in [0.717, 1.165) is 48.2 Å². The SMILES string of the molecule is CCCCCCC1=C(c2ccc(CCCCCC)cc2)[N+](=[N-])C(c2ccc(CCCC)cc2)=C1CCCCC.CCCCCCCCCCC[CH2][Ni][CH2]CCCCCCCCCCC. The fourth-order valence-electron chi connectivity index (χ4n) is 9.23. The third kappa shape index (κ3) is 26.4. The van der Waals surface area contributed by atoms with Crippen molar-refractivity contribution in [3.8, 4) is 0 Å². The average molecular weight is 924 g/mol. The van der Waals surface area contributed by atoms with Crippen LogP contribution in [-0.2, 0) is 27.3 Å². The molecule has 1 heterocycles. The Bertz CT molecular complexity index is 1430. The predicted octanol–water partition coefficient (Wildman–Crippen LogP) is 21.6. The number of aryl methyl sites for hydroxylation is 2. The van der Waals surface area contributed by atoms with E-state index in [9.17, 15) is 5.53 Å². The summed E-state index contributed by atoms with van der Waals surface area (Å²) in [6.07, 6.45) is 49.7. The summed E-state index contributed by atoms with van der Waals surface area (Å²) in [6, 6.07) is 18.1. The normalized spacial score (nSPS) is 12.8. The second-order valence-corrected chi connectivity index (χ2v) is 20.9. The van der Waals surface area contributed by atoms with E-state index < -0.39 is 0 Å². The number of benzene rings is 2. The van der Waals surface area contributed by atoms with Crippen molar-refractivity contribution >= 4 is 11.4 Å². The van der Waals surface area contributed by atoms with Gasteiger partial charge in [-0.15, -0.1) is 0 Å². The summed E-state index contributed by atoms with van der Waals surface area (Å²) in [6.45, 7) is 13.7. The van der Waals surface area contributed by atoms with E-state index in [0.29, 0.717) is 0 Å². The molecule has 0 atom stereocenters. The van der Waals surface area contributed by atoms with Gasteiger partial charge in [0.05, 0.1) is 0 Å². The van der Waals surface area contributed by atoms with Gasteiger partial charge in [-0.2, -0.15) is 0 Å². The van der Waals surface area contributed by atoms with E-state index in [1.54, 1.807) is 4.70 Å². The first-order valence-electron chi connectivity index (χ1n) is 28.1. The van der Waals surface area contributed by atoms with Crippen LogP contribution in [0.3, 0.4) is 0 Å². The molecule has 64 heavy (non-hydrogen) atoms. The van der Waals surface area contributed by atoms with E-state index in [-0.39, 0.29) is 0 Å². The summed E-state index contributed by atoms with van der Waals surface area (Å²) in [7, 11) is 0. The summed E-state index contributed by atoms with van der Waals surface area (Å²) < 4.78 is 1.55. The number of rotatable bonds is 41. The van der Waals surface area contributed by atoms with E-state index in [2.05, 4.69) is 90.1 Å². The zero-order valence-electron chi connectivity index (χ0n) is 43.4. The molecule has 0 amide bonds. The van der Waals surface area contributed by atoms with Crippen LogP contribution in [0.2, 0.25) is 10.8 Å². The number of unbranched alkanes of at least 4 members (excludes halogenated alkanes) is 27. The van der Waals surface area contributed by atoms with E-state index in [1.165, 1.54) is 245 Å². The Morgan fingerprint density at radius 2 is 0.578 bits per heavy atom. The van der Waals surface area contributed by atoms with Crippen LogP contribution in [0, 0.1) is 0 Å². The number of nitrogens with zero attached hydrogens (tertiary/aromatic N) is 2. The van der Waals surface area contributed by atoms with Crippen LogP contribution in [-0.4, -0.2) is 4.70 Å². The Labute approximate surface area is 405 Å². The Balaban J connectivity index is 0.000000489. The van der Waals surface area contributed by atoms with E-state index >= 15 is 0 Å². The van der Waals surface area contributed by atoms with Gasteiger partial charge in [0.15, 0.2) is 0 Å². The summed E-state index contributed by atoms with van der Waals surface area (Å²) in [5, 5.41) is 2.86. The molecule has 0 bridgehead atoms. The fourth-order valence-corrected chi connectivity index (χ4v) is 10.5. The van der Waals surface area contributed by atoms with Gasteiger partial charge in [0.1, 0.15) is 0 Å². The quantitative estimate of drug-likeness (QED) is 0.0361. The molecule has 2 aromatic rings. The van der Waals surface area contributed by atoms with Gasteiger partial charge in [0.2, 0.25) is 11.4 Å². The summed E-state index contributed by atoms with van der Waals surface area (Å²) >= 11 is 2.03. The molecule has 0 unspecified atom stereocenters. The van der Waals surface area contributed by atoms with Crippen LogP contribution >= 0.6 is 0 Å². The summed E-state index contributed by atoms with van der Waals surface area (Å²) in [5.74, 6) is 0. The van der Waals surface area contributed by atoms with Crippen LogP contribution in [0.5, 0.6) is 0 Å². The van der Waals surface area contributed by atoms with Gasteiger partial charge in [-0.1, -0.05) is 110 Å². The molecule has 0 aromatic heterocycles. The number of allylic oxidation sites excluding steroid dienone is 2. The Morgan fingerprint density at radius 1 is 0.312 bits per heavy atom. The zero-order valence-corrected chi connectivity index (χ0v) is 44.4. The maximum absolute atomic E-state index is 11.9. The molecule has 1 aliphatic rings. The minimum absolute atomic E-state index is 1.01. The van der Waals surface area contributed by atoms with Crippen LogP contribution < -0.4 is 0 Å². The third-order valence-corrected chi connectivity index (χ3v) is 14.8.